The molecule has 3 rings (SSSR count). The Morgan fingerprint density at radius 1 is 1.28 bits per heavy atom. The number of hydrogen-bond donors (Lipinski definition) is 1. The molecule has 8 nitrogen and oxygen atoms in total. The first-order chi connectivity index (χ1) is 11.9. The summed E-state index contributed by atoms with van der Waals surface area (Å²) in [4.78, 5) is 24.2. The standard InChI is InChI=1S/C17H18N2O6/c1-9-13(10(2)25-19-9)7-16(20)24-11(3)17(21)18-12-4-5-14-15(6-12)23-8-22-14/h4-6,11H,7-8H2,1-3H3,(H,18,21)/t11-/m0/s1. The van der Waals surface area contributed by atoms with E-state index in [1.807, 2.05) is 0 Å². The molecule has 25 heavy (non-hydrogen) atoms. The molecule has 0 saturated carbocycles. The molecule has 2 heterocycles. The highest BCUT2D eigenvalue weighted by Crippen LogP contribution is 2.34. The third-order valence-corrected chi connectivity index (χ3v) is 3.82. The third kappa shape index (κ3) is 3.73. The van der Waals surface area contributed by atoms with Gasteiger partial charge in [-0.05, 0) is 32.9 Å². The fourth-order valence-corrected chi connectivity index (χ4v) is 2.41. The number of hydrogen-bond acceptors (Lipinski definition) is 7. The van der Waals surface area contributed by atoms with Crippen LogP contribution >= 0.6 is 0 Å². The van der Waals surface area contributed by atoms with Crippen molar-refractivity contribution in [2.75, 3.05) is 12.1 Å². The highest BCUT2D eigenvalue weighted by atomic mass is 16.7. The van der Waals surface area contributed by atoms with Gasteiger partial charge < -0.3 is 24.1 Å². The van der Waals surface area contributed by atoms with Crippen LogP contribution in [0.2, 0.25) is 0 Å². The van der Waals surface area contributed by atoms with Crippen molar-refractivity contribution in [3.05, 3.63) is 35.2 Å². The van der Waals surface area contributed by atoms with Gasteiger partial charge >= 0.3 is 5.97 Å². The SMILES string of the molecule is Cc1noc(C)c1CC(=O)O[C@@H](C)C(=O)Nc1ccc2c(c1)OCO2. The molecule has 0 radical (unpaired) electrons. The van der Waals surface area contributed by atoms with Crippen molar-refractivity contribution in [3.8, 4) is 11.5 Å². The van der Waals surface area contributed by atoms with Gasteiger partial charge in [-0.2, -0.15) is 0 Å². The smallest absolute Gasteiger partial charge is 0.311 e. The Kier molecular flexibility index (Phi) is 4.60. The van der Waals surface area contributed by atoms with E-state index in [-0.39, 0.29) is 13.2 Å². The lowest BCUT2D eigenvalue weighted by atomic mass is 10.1. The zero-order chi connectivity index (χ0) is 18.0. The van der Waals surface area contributed by atoms with Crippen LogP contribution in [0.3, 0.4) is 0 Å². The van der Waals surface area contributed by atoms with E-state index in [1.165, 1.54) is 6.92 Å². The first-order valence-electron chi connectivity index (χ1n) is 7.76. The molecular weight excluding hydrogens is 328 g/mol. The van der Waals surface area contributed by atoms with Crippen molar-refractivity contribution in [2.45, 2.75) is 33.3 Å². The number of amides is 1. The molecule has 0 bridgehead atoms. The molecule has 2 aromatic rings. The fraction of sp³-hybridized carbons (Fsp3) is 0.353. The molecule has 0 saturated heterocycles. The number of nitrogens with zero attached hydrogens (tertiary/aromatic N) is 1. The molecule has 1 aliphatic rings. The van der Waals surface area contributed by atoms with Crippen LogP contribution in [0, 0.1) is 13.8 Å². The zero-order valence-corrected chi connectivity index (χ0v) is 14.1. The van der Waals surface area contributed by atoms with E-state index >= 15 is 0 Å². The maximum absolute atomic E-state index is 12.2. The number of fused-ring (bicyclic) bond motifs is 1. The second-order valence-corrected chi connectivity index (χ2v) is 5.67. The van der Waals surface area contributed by atoms with Crippen LogP contribution in [0.5, 0.6) is 11.5 Å². The highest BCUT2D eigenvalue weighted by Gasteiger charge is 2.21. The van der Waals surface area contributed by atoms with Crippen molar-refractivity contribution in [3.63, 3.8) is 0 Å². The first kappa shape index (κ1) is 16.8. The Hall–Kier alpha value is -3.03. The summed E-state index contributed by atoms with van der Waals surface area (Å²) in [6.45, 7) is 5.13. The molecule has 1 aromatic carbocycles. The zero-order valence-electron chi connectivity index (χ0n) is 14.1. The fourth-order valence-electron chi connectivity index (χ4n) is 2.41. The molecule has 1 amide bonds. The summed E-state index contributed by atoms with van der Waals surface area (Å²) in [6, 6.07) is 5.04. The highest BCUT2D eigenvalue weighted by molar-refractivity contribution is 5.95. The maximum atomic E-state index is 12.2. The minimum atomic E-state index is -0.946. The summed E-state index contributed by atoms with van der Waals surface area (Å²) in [5.74, 6) is 0.776. The van der Waals surface area contributed by atoms with Gasteiger partial charge in [0.05, 0.1) is 12.1 Å². The van der Waals surface area contributed by atoms with Gasteiger partial charge in [-0.1, -0.05) is 5.16 Å². The Balaban J connectivity index is 1.56. The number of aromatic nitrogens is 1. The second kappa shape index (κ2) is 6.84. The molecule has 1 aromatic heterocycles. The van der Waals surface area contributed by atoms with Gasteiger partial charge in [0.15, 0.2) is 17.6 Å². The van der Waals surface area contributed by atoms with Crippen LogP contribution in [0.1, 0.15) is 23.9 Å². The maximum Gasteiger partial charge on any atom is 0.311 e. The van der Waals surface area contributed by atoms with Crippen molar-refractivity contribution < 1.29 is 28.3 Å². The lowest BCUT2D eigenvalue weighted by molar-refractivity contribution is -0.152. The topological polar surface area (TPSA) is 99.9 Å². The van der Waals surface area contributed by atoms with Crippen LogP contribution in [0.15, 0.2) is 22.7 Å². The van der Waals surface area contributed by atoms with E-state index < -0.39 is 18.0 Å². The number of carbonyl (C=O) groups is 2. The number of anilines is 1. The van der Waals surface area contributed by atoms with Crippen LogP contribution in [0.25, 0.3) is 0 Å². The van der Waals surface area contributed by atoms with Gasteiger partial charge in [0.1, 0.15) is 5.76 Å². The summed E-state index contributed by atoms with van der Waals surface area (Å²) >= 11 is 0. The van der Waals surface area contributed by atoms with Crippen LogP contribution in [-0.4, -0.2) is 29.9 Å². The summed E-state index contributed by atoms with van der Waals surface area (Å²) in [5, 5.41) is 6.46. The third-order valence-electron chi connectivity index (χ3n) is 3.82. The molecular formula is C17H18N2O6. The molecule has 1 aliphatic heterocycles. The van der Waals surface area contributed by atoms with Crippen LogP contribution < -0.4 is 14.8 Å². The van der Waals surface area contributed by atoms with Crippen molar-refractivity contribution in [2.24, 2.45) is 0 Å². The summed E-state index contributed by atoms with van der Waals surface area (Å²) < 4.78 is 20.7. The number of esters is 1. The molecule has 1 atom stereocenters. The average Bonchev–Trinajstić information content (AvgIpc) is 3.15. The Morgan fingerprint density at radius 2 is 2.04 bits per heavy atom. The molecule has 132 valence electrons. The summed E-state index contributed by atoms with van der Waals surface area (Å²) in [7, 11) is 0. The van der Waals surface area contributed by atoms with E-state index in [4.69, 9.17) is 18.7 Å². The van der Waals surface area contributed by atoms with Crippen LogP contribution in [-0.2, 0) is 20.7 Å². The largest absolute Gasteiger partial charge is 0.454 e. The summed E-state index contributed by atoms with van der Waals surface area (Å²) in [5.41, 5.74) is 1.84. The first-order valence-corrected chi connectivity index (χ1v) is 7.76. The minimum absolute atomic E-state index is 0.00279. The number of carbonyl (C=O) groups excluding carboxylic acids is 2. The number of ether oxygens (including phenoxy) is 3. The van der Waals surface area contributed by atoms with E-state index in [0.717, 1.165) is 0 Å². The van der Waals surface area contributed by atoms with Gasteiger partial charge in [-0.3, -0.25) is 9.59 Å². The van der Waals surface area contributed by atoms with Gasteiger partial charge in [0.25, 0.3) is 5.91 Å². The normalized spacial score (nSPS) is 13.4. The number of nitrogens with one attached hydrogen (secondary N) is 1. The number of rotatable bonds is 5. The molecule has 8 heteroatoms. The van der Waals surface area contributed by atoms with Gasteiger partial charge in [-0.15, -0.1) is 0 Å². The van der Waals surface area contributed by atoms with Crippen molar-refractivity contribution in [1.29, 1.82) is 0 Å². The predicted molar refractivity (Wildman–Crippen MR) is 86.4 cm³/mol. The predicted octanol–water partition coefficient (Wildman–Crippen LogP) is 2.13. The quantitative estimate of drug-likeness (QED) is 0.828. The van der Waals surface area contributed by atoms with Gasteiger partial charge in [-0.25, -0.2) is 0 Å². The lowest BCUT2D eigenvalue weighted by Crippen LogP contribution is -2.30. The monoisotopic (exact) mass is 346 g/mol. The number of benzene rings is 1. The molecule has 1 N–H and O–H groups in total. The van der Waals surface area contributed by atoms with E-state index in [0.29, 0.717) is 34.2 Å². The summed E-state index contributed by atoms with van der Waals surface area (Å²) in [6.07, 6.45) is -0.943. The molecule has 0 spiro atoms. The minimum Gasteiger partial charge on any atom is -0.454 e. The van der Waals surface area contributed by atoms with Crippen LogP contribution in [0.4, 0.5) is 5.69 Å². The van der Waals surface area contributed by atoms with Crippen molar-refractivity contribution in [1.82, 2.24) is 5.16 Å². The average molecular weight is 346 g/mol. The van der Waals surface area contributed by atoms with E-state index in [2.05, 4.69) is 10.5 Å². The lowest BCUT2D eigenvalue weighted by Gasteiger charge is -2.13. The van der Waals surface area contributed by atoms with Gasteiger partial charge in [0.2, 0.25) is 6.79 Å². The van der Waals surface area contributed by atoms with E-state index in [1.54, 1.807) is 32.0 Å². The second-order valence-electron chi connectivity index (χ2n) is 5.67. The molecule has 0 unspecified atom stereocenters. The van der Waals surface area contributed by atoms with Crippen molar-refractivity contribution >= 4 is 17.6 Å². The number of aryl methyl sites for hydroxylation is 2. The Labute approximate surface area is 144 Å². The van der Waals surface area contributed by atoms with E-state index in [9.17, 15) is 9.59 Å². The van der Waals surface area contributed by atoms with Gasteiger partial charge in [0, 0.05) is 17.3 Å². The Morgan fingerprint density at radius 3 is 2.76 bits per heavy atom. The molecule has 0 fully saturated rings. The Bertz CT molecular complexity index is 794. The molecule has 0 aliphatic carbocycles.